The Morgan fingerprint density at radius 3 is 2.43 bits per heavy atom. The van der Waals surface area contributed by atoms with E-state index < -0.39 is 5.60 Å². The van der Waals surface area contributed by atoms with Crippen LogP contribution in [0.2, 0.25) is 0 Å². The molecule has 3 atom stereocenters. The highest BCUT2D eigenvalue weighted by molar-refractivity contribution is 5.18. The summed E-state index contributed by atoms with van der Waals surface area (Å²) in [6.07, 6.45) is 6.08. The van der Waals surface area contributed by atoms with Crippen molar-refractivity contribution in [3.8, 4) is 0 Å². The van der Waals surface area contributed by atoms with Crippen molar-refractivity contribution in [2.45, 2.75) is 52.1 Å². The van der Waals surface area contributed by atoms with E-state index in [0.717, 1.165) is 12.8 Å². The highest BCUT2D eigenvalue weighted by Crippen LogP contribution is 2.70. The largest absolute Gasteiger partial charge is 0.389 e. The van der Waals surface area contributed by atoms with E-state index in [1.165, 1.54) is 12.8 Å². The Kier molecular flexibility index (Phi) is 1.92. The van der Waals surface area contributed by atoms with Crippen LogP contribution in [0.15, 0.2) is 12.7 Å². The number of hydrogen-bond acceptors (Lipinski definition) is 1. The van der Waals surface area contributed by atoms with E-state index in [4.69, 9.17) is 0 Å². The third-order valence-corrected chi connectivity index (χ3v) is 5.53. The van der Waals surface area contributed by atoms with Gasteiger partial charge in [-0.25, -0.2) is 0 Å². The normalized spacial score (nSPS) is 49.6. The molecule has 0 aromatic rings. The van der Waals surface area contributed by atoms with Crippen LogP contribution in [0.5, 0.6) is 0 Å². The molecule has 0 heterocycles. The molecule has 0 aromatic carbocycles. The topological polar surface area (TPSA) is 20.2 Å². The SMILES string of the molecule is C=CCC1(O)C[C@H]2CC[C@]1(C)C2(C)C. The van der Waals surface area contributed by atoms with E-state index in [2.05, 4.69) is 27.4 Å². The van der Waals surface area contributed by atoms with Crippen LogP contribution in [0.25, 0.3) is 0 Å². The van der Waals surface area contributed by atoms with Crippen molar-refractivity contribution >= 4 is 0 Å². The third kappa shape index (κ3) is 0.894. The molecule has 14 heavy (non-hydrogen) atoms. The Morgan fingerprint density at radius 2 is 2.07 bits per heavy atom. The second-order valence-corrected chi connectivity index (χ2v) is 6.02. The summed E-state index contributed by atoms with van der Waals surface area (Å²) in [5.74, 6) is 0.706. The molecule has 1 unspecified atom stereocenters. The van der Waals surface area contributed by atoms with Gasteiger partial charge in [0.1, 0.15) is 0 Å². The minimum absolute atomic E-state index is 0.0961. The number of hydrogen-bond donors (Lipinski definition) is 1. The Labute approximate surface area is 87.2 Å². The van der Waals surface area contributed by atoms with Crippen molar-refractivity contribution in [3.63, 3.8) is 0 Å². The molecular formula is C13H22O. The van der Waals surface area contributed by atoms with Crippen molar-refractivity contribution in [1.29, 1.82) is 0 Å². The molecule has 0 aliphatic heterocycles. The molecule has 2 rings (SSSR count). The smallest absolute Gasteiger partial charge is 0.0743 e. The van der Waals surface area contributed by atoms with E-state index in [0.29, 0.717) is 11.3 Å². The molecule has 0 radical (unpaired) electrons. The van der Waals surface area contributed by atoms with Crippen LogP contribution in [-0.4, -0.2) is 10.7 Å². The molecular weight excluding hydrogens is 172 g/mol. The first kappa shape index (κ1) is 10.2. The molecule has 2 aliphatic rings. The van der Waals surface area contributed by atoms with Crippen molar-refractivity contribution in [2.75, 3.05) is 0 Å². The Bertz CT molecular complexity index is 268. The van der Waals surface area contributed by atoms with Gasteiger partial charge in [-0.05, 0) is 37.0 Å². The van der Waals surface area contributed by atoms with Crippen LogP contribution in [-0.2, 0) is 0 Å². The lowest BCUT2D eigenvalue weighted by Gasteiger charge is -2.45. The summed E-state index contributed by atoms with van der Waals surface area (Å²) in [4.78, 5) is 0. The van der Waals surface area contributed by atoms with Gasteiger partial charge in [-0.15, -0.1) is 6.58 Å². The molecule has 0 saturated heterocycles. The molecule has 1 nitrogen and oxygen atoms in total. The third-order valence-electron chi connectivity index (χ3n) is 5.53. The Balaban J connectivity index is 2.39. The van der Waals surface area contributed by atoms with Gasteiger partial charge in [-0.2, -0.15) is 0 Å². The Morgan fingerprint density at radius 1 is 1.43 bits per heavy atom. The number of fused-ring (bicyclic) bond motifs is 2. The predicted octanol–water partition coefficient (Wildman–Crippen LogP) is 3.14. The van der Waals surface area contributed by atoms with Gasteiger partial charge < -0.3 is 5.11 Å². The first-order chi connectivity index (χ1) is 6.37. The zero-order chi connectivity index (χ0) is 10.6. The molecule has 80 valence electrons. The fraction of sp³-hybridized carbons (Fsp3) is 0.846. The maximum Gasteiger partial charge on any atom is 0.0743 e. The average Bonchev–Trinajstić information content (AvgIpc) is 2.36. The van der Waals surface area contributed by atoms with Gasteiger partial charge in [0.25, 0.3) is 0 Å². The highest BCUT2D eigenvalue weighted by Gasteiger charge is 2.67. The van der Waals surface area contributed by atoms with Crippen LogP contribution >= 0.6 is 0 Å². The second kappa shape index (κ2) is 2.63. The van der Waals surface area contributed by atoms with Gasteiger partial charge in [0.05, 0.1) is 5.60 Å². The minimum atomic E-state index is -0.485. The van der Waals surface area contributed by atoms with Crippen LogP contribution in [0, 0.1) is 16.7 Å². The van der Waals surface area contributed by atoms with E-state index in [9.17, 15) is 5.11 Å². The Hall–Kier alpha value is -0.300. The van der Waals surface area contributed by atoms with E-state index in [1.807, 2.05) is 6.08 Å². The maximum atomic E-state index is 10.7. The van der Waals surface area contributed by atoms with E-state index in [-0.39, 0.29) is 5.41 Å². The summed E-state index contributed by atoms with van der Waals surface area (Å²) in [7, 11) is 0. The summed E-state index contributed by atoms with van der Waals surface area (Å²) >= 11 is 0. The highest BCUT2D eigenvalue weighted by atomic mass is 16.3. The first-order valence-corrected chi connectivity index (χ1v) is 5.71. The first-order valence-electron chi connectivity index (χ1n) is 5.71. The predicted molar refractivity (Wildman–Crippen MR) is 59.0 cm³/mol. The molecule has 0 spiro atoms. The van der Waals surface area contributed by atoms with Crippen LogP contribution in [0.4, 0.5) is 0 Å². The number of aliphatic hydroxyl groups is 1. The van der Waals surface area contributed by atoms with Crippen molar-refractivity contribution in [1.82, 2.24) is 0 Å². The molecule has 1 N–H and O–H groups in total. The standard InChI is InChI=1S/C13H22O/c1-5-7-13(14)9-10-6-8-12(13,4)11(10,2)3/h5,10,14H,1,6-9H2,2-4H3/t10-,12-,13?/m1/s1. The summed E-state index contributed by atoms with van der Waals surface area (Å²) in [6.45, 7) is 10.7. The lowest BCUT2D eigenvalue weighted by molar-refractivity contribution is -0.0866. The fourth-order valence-corrected chi connectivity index (χ4v) is 3.97. The molecule has 2 bridgehead atoms. The van der Waals surface area contributed by atoms with Gasteiger partial charge in [0.15, 0.2) is 0 Å². The van der Waals surface area contributed by atoms with Crippen molar-refractivity contribution in [3.05, 3.63) is 12.7 Å². The summed E-state index contributed by atoms with van der Waals surface area (Å²) in [6, 6.07) is 0. The molecule has 2 aliphatic carbocycles. The van der Waals surface area contributed by atoms with Gasteiger partial charge in [-0.3, -0.25) is 0 Å². The molecule has 2 fully saturated rings. The van der Waals surface area contributed by atoms with Gasteiger partial charge in [0, 0.05) is 5.41 Å². The van der Waals surface area contributed by atoms with E-state index >= 15 is 0 Å². The molecule has 1 heteroatoms. The summed E-state index contributed by atoms with van der Waals surface area (Å²) in [5, 5.41) is 10.7. The van der Waals surface area contributed by atoms with Gasteiger partial charge in [0.2, 0.25) is 0 Å². The maximum absolute atomic E-state index is 10.7. The van der Waals surface area contributed by atoms with Gasteiger partial charge in [-0.1, -0.05) is 26.8 Å². The second-order valence-electron chi connectivity index (χ2n) is 6.02. The van der Waals surface area contributed by atoms with Crippen LogP contribution < -0.4 is 0 Å². The van der Waals surface area contributed by atoms with Crippen molar-refractivity contribution < 1.29 is 5.11 Å². The monoisotopic (exact) mass is 194 g/mol. The molecule has 0 amide bonds. The summed E-state index contributed by atoms with van der Waals surface area (Å²) in [5.41, 5.74) is -0.0925. The summed E-state index contributed by atoms with van der Waals surface area (Å²) < 4.78 is 0. The minimum Gasteiger partial charge on any atom is -0.389 e. The lowest BCUT2D eigenvalue weighted by atomic mass is 9.63. The quantitative estimate of drug-likeness (QED) is 0.670. The lowest BCUT2D eigenvalue weighted by Crippen LogP contribution is -2.46. The van der Waals surface area contributed by atoms with Crippen LogP contribution in [0.1, 0.15) is 46.5 Å². The average molecular weight is 194 g/mol. The fourth-order valence-electron chi connectivity index (χ4n) is 3.97. The van der Waals surface area contributed by atoms with Gasteiger partial charge >= 0.3 is 0 Å². The zero-order valence-electron chi connectivity index (χ0n) is 9.64. The van der Waals surface area contributed by atoms with Crippen molar-refractivity contribution in [2.24, 2.45) is 16.7 Å². The molecule has 0 aromatic heterocycles. The number of rotatable bonds is 2. The molecule has 2 saturated carbocycles. The van der Waals surface area contributed by atoms with Crippen LogP contribution in [0.3, 0.4) is 0 Å². The zero-order valence-corrected chi connectivity index (χ0v) is 9.64. The van der Waals surface area contributed by atoms with E-state index in [1.54, 1.807) is 0 Å².